The van der Waals surface area contributed by atoms with Crippen molar-refractivity contribution in [2.75, 3.05) is 16.8 Å². The van der Waals surface area contributed by atoms with E-state index in [-0.39, 0.29) is 0 Å². The summed E-state index contributed by atoms with van der Waals surface area (Å²) in [6.45, 7) is 3.22. The molecule has 0 N–H and O–H groups in total. The van der Waals surface area contributed by atoms with Crippen LogP contribution in [0.25, 0.3) is 0 Å². The van der Waals surface area contributed by atoms with Gasteiger partial charge >= 0.3 is 0 Å². The van der Waals surface area contributed by atoms with E-state index in [0.717, 1.165) is 22.2 Å². The van der Waals surface area contributed by atoms with E-state index in [2.05, 4.69) is 54.7 Å². The van der Waals surface area contributed by atoms with Crippen molar-refractivity contribution in [2.24, 2.45) is 0 Å². The number of hydrogen-bond donors (Lipinski definition) is 0. The molecule has 1 aliphatic carbocycles. The highest BCUT2D eigenvalue weighted by Crippen LogP contribution is 2.30. The first kappa shape index (κ1) is 13.3. The topological polar surface area (TPSA) is 16.1 Å². The molecule has 2 rings (SSSR count). The van der Waals surface area contributed by atoms with E-state index < -0.39 is 0 Å². The number of hydrogen-bond acceptors (Lipinski definition) is 2. The Bertz CT molecular complexity index is 378. The van der Waals surface area contributed by atoms with E-state index in [1.54, 1.807) is 0 Å². The molecule has 1 aliphatic rings. The van der Waals surface area contributed by atoms with Crippen LogP contribution in [0.3, 0.4) is 0 Å². The Kier molecular flexibility index (Phi) is 4.86. The molecule has 1 aromatic heterocycles. The third kappa shape index (κ3) is 3.22. The van der Waals surface area contributed by atoms with E-state index in [1.807, 2.05) is 6.20 Å². The lowest BCUT2D eigenvalue weighted by atomic mass is 9.91. The molecule has 1 aromatic rings. The van der Waals surface area contributed by atoms with Crippen molar-refractivity contribution < 1.29 is 0 Å². The molecular formula is C13H18Br2N2. The summed E-state index contributed by atoms with van der Waals surface area (Å²) < 4.78 is 1.09. The predicted octanol–water partition coefficient (Wildman–Crippen LogP) is 4.30. The predicted molar refractivity (Wildman–Crippen MR) is 80.1 cm³/mol. The van der Waals surface area contributed by atoms with Gasteiger partial charge in [-0.3, -0.25) is 0 Å². The van der Waals surface area contributed by atoms with E-state index in [1.165, 1.54) is 31.2 Å². The highest BCUT2D eigenvalue weighted by atomic mass is 79.9. The minimum absolute atomic E-state index is 0.710. The average Bonchev–Trinajstić information content (AvgIpc) is 2.25. The van der Waals surface area contributed by atoms with Crippen LogP contribution in [-0.2, 0) is 0 Å². The fourth-order valence-corrected chi connectivity index (χ4v) is 2.56. The molecule has 0 atom stereocenters. The molecule has 0 saturated heterocycles. The second kappa shape index (κ2) is 6.19. The van der Waals surface area contributed by atoms with Crippen LogP contribution in [-0.4, -0.2) is 22.9 Å². The van der Waals surface area contributed by atoms with Crippen LogP contribution < -0.4 is 4.90 Å². The van der Waals surface area contributed by atoms with Crippen molar-refractivity contribution in [1.29, 1.82) is 0 Å². The SMILES string of the molecule is Cc1cc(N(CCCBr)C2CCC2)ncc1Br. The zero-order chi connectivity index (χ0) is 12.3. The van der Waals surface area contributed by atoms with E-state index in [4.69, 9.17) is 0 Å². The van der Waals surface area contributed by atoms with Gasteiger partial charge in [0.1, 0.15) is 5.82 Å². The quantitative estimate of drug-likeness (QED) is 0.727. The van der Waals surface area contributed by atoms with Crippen molar-refractivity contribution in [3.05, 3.63) is 22.3 Å². The molecule has 2 nitrogen and oxygen atoms in total. The van der Waals surface area contributed by atoms with E-state index in [9.17, 15) is 0 Å². The van der Waals surface area contributed by atoms with Crippen LogP contribution in [0.5, 0.6) is 0 Å². The molecule has 4 heteroatoms. The molecule has 0 radical (unpaired) electrons. The third-order valence-electron chi connectivity index (χ3n) is 3.37. The number of anilines is 1. The maximum atomic E-state index is 4.56. The molecule has 1 fully saturated rings. The summed E-state index contributed by atoms with van der Waals surface area (Å²) in [6, 6.07) is 2.90. The number of nitrogens with zero attached hydrogens (tertiary/aromatic N) is 2. The summed E-state index contributed by atoms with van der Waals surface area (Å²) in [4.78, 5) is 7.04. The Balaban J connectivity index is 2.15. The molecule has 0 spiro atoms. The van der Waals surface area contributed by atoms with Gasteiger partial charge in [-0.25, -0.2) is 4.98 Å². The van der Waals surface area contributed by atoms with E-state index in [0.29, 0.717) is 6.04 Å². The monoisotopic (exact) mass is 360 g/mol. The van der Waals surface area contributed by atoms with E-state index >= 15 is 0 Å². The lowest BCUT2D eigenvalue weighted by molar-refractivity contribution is 0.384. The van der Waals surface area contributed by atoms with Gasteiger partial charge in [0, 0.05) is 28.6 Å². The molecule has 0 amide bonds. The van der Waals surface area contributed by atoms with Crippen LogP contribution in [0, 0.1) is 6.92 Å². The smallest absolute Gasteiger partial charge is 0.129 e. The Morgan fingerprint density at radius 1 is 1.47 bits per heavy atom. The highest BCUT2D eigenvalue weighted by Gasteiger charge is 2.25. The van der Waals surface area contributed by atoms with Crippen molar-refractivity contribution in [3.63, 3.8) is 0 Å². The zero-order valence-corrected chi connectivity index (χ0v) is 13.3. The summed E-state index contributed by atoms with van der Waals surface area (Å²) >= 11 is 7.02. The summed E-state index contributed by atoms with van der Waals surface area (Å²) in [5.74, 6) is 1.14. The van der Waals surface area contributed by atoms with Gasteiger partial charge in [-0.15, -0.1) is 0 Å². The molecular weight excluding hydrogens is 344 g/mol. The Labute approximate surface area is 120 Å². The maximum absolute atomic E-state index is 4.56. The number of rotatable bonds is 5. The van der Waals surface area contributed by atoms with Crippen LogP contribution in [0.15, 0.2) is 16.7 Å². The van der Waals surface area contributed by atoms with Crippen molar-refractivity contribution in [1.82, 2.24) is 4.98 Å². The van der Waals surface area contributed by atoms with Gasteiger partial charge in [0.2, 0.25) is 0 Å². The van der Waals surface area contributed by atoms with Gasteiger partial charge in [-0.05, 0) is 60.2 Å². The fourth-order valence-electron chi connectivity index (χ4n) is 2.09. The lowest BCUT2D eigenvalue weighted by Crippen LogP contribution is -2.41. The van der Waals surface area contributed by atoms with Crippen LogP contribution in [0.1, 0.15) is 31.2 Å². The molecule has 0 unspecified atom stereocenters. The minimum atomic E-state index is 0.710. The van der Waals surface area contributed by atoms with Gasteiger partial charge in [-0.2, -0.15) is 0 Å². The first-order valence-electron chi connectivity index (χ1n) is 6.17. The van der Waals surface area contributed by atoms with Gasteiger partial charge in [-0.1, -0.05) is 15.9 Å². The molecule has 94 valence electrons. The highest BCUT2D eigenvalue weighted by molar-refractivity contribution is 9.10. The number of pyridine rings is 1. The normalized spacial score (nSPS) is 15.7. The number of aromatic nitrogens is 1. The second-order valence-electron chi connectivity index (χ2n) is 4.61. The molecule has 0 aliphatic heterocycles. The number of halogens is 2. The summed E-state index contributed by atoms with van der Waals surface area (Å²) in [6.07, 6.45) is 7.10. The maximum Gasteiger partial charge on any atom is 0.129 e. The summed E-state index contributed by atoms with van der Waals surface area (Å²) in [7, 11) is 0. The van der Waals surface area contributed by atoms with Gasteiger partial charge < -0.3 is 4.90 Å². The van der Waals surface area contributed by atoms with Crippen LogP contribution in [0.2, 0.25) is 0 Å². The first-order valence-corrected chi connectivity index (χ1v) is 8.08. The van der Waals surface area contributed by atoms with Crippen molar-refractivity contribution in [3.8, 4) is 0 Å². The van der Waals surface area contributed by atoms with Crippen molar-refractivity contribution in [2.45, 2.75) is 38.6 Å². The second-order valence-corrected chi connectivity index (χ2v) is 6.26. The van der Waals surface area contributed by atoms with Crippen molar-refractivity contribution >= 4 is 37.7 Å². The molecule has 0 bridgehead atoms. The fraction of sp³-hybridized carbons (Fsp3) is 0.615. The van der Waals surface area contributed by atoms with Crippen LogP contribution >= 0.6 is 31.9 Å². The van der Waals surface area contributed by atoms with Gasteiger partial charge in [0.25, 0.3) is 0 Å². The van der Waals surface area contributed by atoms with Crippen LogP contribution in [0.4, 0.5) is 5.82 Å². The Morgan fingerprint density at radius 2 is 2.24 bits per heavy atom. The minimum Gasteiger partial charge on any atom is -0.354 e. The Morgan fingerprint density at radius 3 is 2.76 bits per heavy atom. The zero-order valence-electron chi connectivity index (χ0n) is 10.1. The molecule has 1 heterocycles. The standard InChI is InChI=1S/C13H18Br2N2/c1-10-8-13(16-9-12(10)15)17(7-3-6-14)11-4-2-5-11/h8-9,11H,2-7H2,1H3. The Hall–Kier alpha value is -0.0900. The average molecular weight is 362 g/mol. The number of aryl methyl sites for hydroxylation is 1. The first-order chi connectivity index (χ1) is 8.22. The molecule has 0 aromatic carbocycles. The van der Waals surface area contributed by atoms with Gasteiger partial charge in [0.15, 0.2) is 0 Å². The summed E-state index contributed by atoms with van der Waals surface area (Å²) in [5.41, 5.74) is 1.26. The molecule has 17 heavy (non-hydrogen) atoms. The largest absolute Gasteiger partial charge is 0.354 e. The lowest BCUT2D eigenvalue weighted by Gasteiger charge is -2.38. The summed E-state index contributed by atoms with van der Waals surface area (Å²) in [5, 5.41) is 1.06. The number of alkyl halides is 1. The van der Waals surface area contributed by atoms with Gasteiger partial charge in [0.05, 0.1) is 0 Å². The third-order valence-corrected chi connectivity index (χ3v) is 4.77. The molecule has 1 saturated carbocycles.